The molecule has 0 aliphatic heterocycles. The van der Waals surface area contributed by atoms with E-state index in [0.717, 1.165) is 23.3 Å². The number of hydrogen-bond donors (Lipinski definition) is 2. The van der Waals surface area contributed by atoms with Crippen molar-refractivity contribution < 1.29 is 17.6 Å². The van der Waals surface area contributed by atoms with Gasteiger partial charge in [0.2, 0.25) is 0 Å². The first-order valence-corrected chi connectivity index (χ1v) is 9.05. The fourth-order valence-electron chi connectivity index (χ4n) is 2.89. The molecule has 0 saturated carbocycles. The van der Waals surface area contributed by atoms with Gasteiger partial charge in [0, 0.05) is 20.1 Å². The normalized spacial score (nSPS) is 11.7. The molecule has 2 aromatic carbocycles. The second kappa shape index (κ2) is 11.1. The van der Waals surface area contributed by atoms with Crippen LogP contribution < -0.4 is 10.6 Å². The number of nitrogens with one attached hydrogen (secondary N) is 2. The van der Waals surface area contributed by atoms with E-state index in [0.29, 0.717) is 25.1 Å². The highest BCUT2D eigenvalue weighted by molar-refractivity contribution is 14.0. The minimum Gasteiger partial charge on any atom is -0.352 e. The number of alkyl halides is 3. The fraction of sp³-hybridized carbons (Fsp3) is 0.250. The first-order valence-electron chi connectivity index (χ1n) is 9.05. The first kappa shape index (κ1) is 24.6. The van der Waals surface area contributed by atoms with Crippen molar-refractivity contribution in [2.24, 2.45) is 4.99 Å². The molecule has 0 aliphatic carbocycles. The maximum absolute atomic E-state index is 13.2. The van der Waals surface area contributed by atoms with Gasteiger partial charge < -0.3 is 10.6 Å². The Morgan fingerprint density at radius 1 is 1.06 bits per heavy atom. The van der Waals surface area contributed by atoms with Crippen molar-refractivity contribution >= 4 is 29.9 Å². The molecule has 0 spiro atoms. The van der Waals surface area contributed by atoms with Crippen molar-refractivity contribution in [2.75, 3.05) is 7.05 Å². The molecule has 0 atom stereocenters. The summed E-state index contributed by atoms with van der Waals surface area (Å²) in [6, 6.07) is 10.4. The van der Waals surface area contributed by atoms with Crippen LogP contribution >= 0.6 is 24.0 Å². The van der Waals surface area contributed by atoms with E-state index in [9.17, 15) is 17.6 Å². The Morgan fingerprint density at radius 3 is 2.48 bits per heavy atom. The standard InChI is InChI=1S/C20H20F4N6.HI/c1-25-19(28-10-16-5-6-17(21)8-18(16)20(22,23)24)27-9-14-3-2-4-15(7-14)11-30-13-26-12-29-30;/h2-8,12-13H,9-11H2,1H3,(H2,25,27,28);1H. The molecule has 3 rings (SSSR count). The highest BCUT2D eigenvalue weighted by Gasteiger charge is 2.33. The van der Waals surface area contributed by atoms with Gasteiger partial charge in [-0.15, -0.1) is 24.0 Å². The Balaban J connectivity index is 0.00000341. The van der Waals surface area contributed by atoms with Crippen LogP contribution in [0.3, 0.4) is 0 Å². The predicted octanol–water partition coefficient (Wildman–Crippen LogP) is 3.97. The smallest absolute Gasteiger partial charge is 0.352 e. The SMILES string of the molecule is CN=C(NCc1cccc(Cn2cncn2)c1)NCc1ccc(F)cc1C(F)(F)F.I. The number of aliphatic imine (C=N–C) groups is 1. The quantitative estimate of drug-likeness (QED) is 0.212. The van der Waals surface area contributed by atoms with Gasteiger partial charge in [0.15, 0.2) is 5.96 Å². The van der Waals surface area contributed by atoms with Crippen LogP contribution in [0.15, 0.2) is 60.1 Å². The topological polar surface area (TPSA) is 67.1 Å². The van der Waals surface area contributed by atoms with E-state index in [1.54, 1.807) is 11.0 Å². The van der Waals surface area contributed by atoms with Crippen LogP contribution in [0, 0.1) is 5.82 Å². The Morgan fingerprint density at radius 2 is 1.81 bits per heavy atom. The van der Waals surface area contributed by atoms with Gasteiger partial charge in [-0.1, -0.05) is 30.3 Å². The Hall–Kier alpha value is -2.70. The van der Waals surface area contributed by atoms with Crippen LogP contribution in [-0.4, -0.2) is 27.8 Å². The zero-order valence-electron chi connectivity index (χ0n) is 16.5. The van der Waals surface area contributed by atoms with Crippen molar-refractivity contribution in [1.82, 2.24) is 25.4 Å². The summed E-state index contributed by atoms with van der Waals surface area (Å²) in [6.07, 6.45) is -1.55. The summed E-state index contributed by atoms with van der Waals surface area (Å²) in [6.45, 7) is 0.840. The molecule has 0 fully saturated rings. The Kier molecular flexibility index (Phi) is 8.77. The van der Waals surface area contributed by atoms with Crippen molar-refractivity contribution in [3.05, 3.63) is 83.2 Å². The average Bonchev–Trinajstić information content (AvgIpc) is 3.21. The van der Waals surface area contributed by atoms with Gasteiger partial charge in [-0.05, 0) is 28.8 Å². The van der Waals surface area contributed by atoms with Gasteiger partial charge in [0.1, 0.15) is 18.5 Å². The second-order valence-electron chi connectivity index (χ2n) is 6.49. The number of aromatic nitrogens is 3. The van der Waals surface area contributed by atoms with Gasteiger partial charge in [-0.3, -0.25) is 4.99 Å². The third kappa shape index (κ3) is 7.19. The molecule has 0 bridgehead atoms. The van der Waals surface area contributed by atoms with Crippen LogP contribution in [0.5, 0.6) is 0 Å². The number of halogens is 5. The van der Waals surface area contributed by atoms with Gasteiger partial charge in [-0.2, -0.15) is 18.3 Å². The summed E-state index contributed by atoms with van der Waals surface area (Å²) in [5.74, 6) is -0.603. The molecule has 0 aliphatic rings. The summed E-state index contributed by atoms with van der Waals surface area (Å²) in [4.78, 5) is 7.93. The highest BCUT2D eigenvalue weighted by atomic mass is 127. The molecule has 1 heterocycles. The van der Waals surface area contributed by atoms with E-state index in [2.05, 4.69) is 25.7 Å². The predicted molar refractivity (Wildman–Crippen MR) is 119 cm³/mol. The van der Waals surface area contributed by atoms with Crippen LogP contribution in [0.2, 0.25) is 0 Å². The monoisotopic (exact) mass is 548 g/mol. The first-order chi connectivity index (χ1) is 14.3. The van der Waals surface area contributed by atoms with Crippen LogP contribution in [-0.2, 0) is 25.8 Å². The summed E-state index contributed by atoms with van der Waals surface area (Å²) < 4.78 is 54.3. The zero-order valence-corrected chi connectivity index (χ0v) is 18.9. The second-order valence-corrected chi connectivity index (χ2v) is 6.49. The molecular formula is C20H21F4IN6. The van der Waals surface area contributed by atoms with Crippen LogP contribution in [0.25, 0.3) is 0 Å². The molecule has 0 radical (unpaired) electrons. The number of nitrogens with zero attached hydrogens (tertiary/aromatic N) is 4. The summed E-state index contributed by atoms with van der Waals surface area (Å²) in [7, 11) is 1.52. The molecule has 0 unspecified atom stereocenters. The summed E-state index contributed by atoms with van der Waals surface area (Å²) in [5.41, 5.74) is 0.921. The largest absolute Gasteiger partial charge is 0.416 e. The van der Waals surface area contributed by atoms with Crippen molar-refractivity contribution in [1.29, 1.82) is 0 Å². The summed E-state index contributed by atoms with van der Waals surface area (Å²) in [5, 5.41) is 9.96. The molecule has 1 aromatic heterocycles. The molecular weight excluding hydrogens is 527 g/mol. The van der Waals surface area contributed by atoms with Crippen molar-refractivity contribution in [3.63, 3.8) is 0 Å². The highest BCUT2D eigenvalue weighted by Crippen LogP contribution is 2.32. The van der Waals surface area contributed by atoms with Crippen LogP contribution in [0.4, 0.5) is 17.6 Å². The lowest BCUT2D eigenvalue weighted by Gasteiger charge is -2.16. The molecule has 3 aromatic rings. The molecule has 0 amide bonds. The lowest BCUT2D eigenvalue weighted by Crippen LogP contribution is -2.36. The molecule has 11 heteroatoms. The lowest BCUT2D eigenvalue weighted by molar-refractivity contribution is -0.138. The van der Waals surface area contributed by atoms with E-state index in [-0.39, 0.29) is 36.1 Å². The van der Waals surface area contributed by atoms with E-state index in [1.807, 2.05) is 24.3 Å². The third-order valence-corrected chi connectivity index (χ3v) is 4.31. The Bertz CT molecular complexity index is 1010. The van der Waals surface area contributed by atoms with Crippen LogP contribution in [0.1, 0.15) is 22.3 Å². The molecule has 31 heavy (non-hydrogen) atoms. The van der Waals surface area contributed by atoms with Gasteiger partial charge in [0.05, 0.1) is 12.1 Å². The number of guanidine groups is 1. The summed E-state index contributed by atoms with van der Waals surface area (Å²) >= 11 is 0. The van der Waals surface area contributed by atoms with Gasteiger partial charge >= 0.3 is 6.18 Å². The minimum absolute atomic E-state index is 0. The maximum Gasteiger partial charge on any atom is 0.416 e. The zero-order chi connectivity index (χ0) is 21.6. The average molecular weight is 548 g/mol. The lowest BCUT2D eigenvalue weighted by atomic mass is 10.1. The van der Waals surface area contributed by atoms with Crippen molar-refractivity contribution in [3.8, 4) is 0 Å². The van der Waals surface area contributed by atoms with E-state index in [4.69, 9.17) is 0 Å². The molecule has 166 valence electrons. The molecule has 0 saturated heterocycles. The molecule has 6 nitrogen and oxygen atoms in total. The van der Waals surface area contributed by atoms with Crippen molar-refractivity contribution in [2.45, 2.75) is 25.8 Å². The molecule has 2 N–H and O–H groups in total. The number of benzene rings is 2. The van der Waals surface area contributed by atoms with E-state index >= 15 is 0 Å². The van der Waals surface area contributed by atoms with Gasteiger partial charge in [0.25, 0.3) is 0 Å². The number of hydrogen-bond acceptors (Lipinski definition) is 3. The fourth-order valence-corrected chi connectivity index (χ4v) is 2.89. The third-order valence-electron chi connectivity index (χ3n) is 4.31. The van der Waals surface area contributed by atoms with E-state index < -0.39 is 17.6 Å². The maximum atomic E-state index is 13.2. The number of rotatable bonds is 6. The van der Waals surface area contributed by atoms with Gasteiger partial charge in [-0.25, -0.2) is 14.1 Å². The Labute approximate surface area is 193 Å². The van der Waals surface area contributed by atoms with E-state index in [1.165, 1.54) is 13.4 Å². The minimum atomic E-state index is -4.64.